The SMILES string of the molecule is CC(=O)NC(CCCCN)C(=O)O.[H+]. The predicted octanol–water partition coefficient (Wildman–Crippen LogP) is -0.183. The fourth-order valence-electron chi connectivity index (χ4n) is 0.996. The first kappa shape index (κ1) is 11.9. The van der Waals surface area contributed by atoms with Crippen molar-refractivity contribution in [3.05, 3.63) is 0 Å². The summed E-state index contributed by atoms with van der Waals surface area (Å²) in [6.45, 7) is 1.85. The molecule has 0 saturated heterocycles. The van der Waals surface area contributed by atoms with E-state index in [0.717, 1.165) is 6.42 Å². The Balaban J connectivity index is 0. The van der Waals surface area contributed by atoms with Crippen LogP contribution in [0.2, 0.25) is 0 Å². The molecule has 0 aliphatic rings. The summed E-state index contributed by atoms with van der Waals surface area (Å²) in [4.78, 5) is 21.2. The molecule has 0 saturated carbocycles. The lowest BCUT2D eigenvalue weighted by Gasteiger charge is -2.12. The zero-order valence-corrected chi connectivity index (χ0v) is 7.75. The molecule has 13 heavy (non-hydrogen) atoms. The van der Waals surface area contributed by atoms with Crippen molar-refractivity contribution < 1.29 is 16.1 Å². The maximum Gasteiger partial charge on any atom is 1.00 e. The molecular formula is C8H17N2O3+. The molecule has 0 aliphatic carbocycles. The van der Waals surface area contributed by atoms with Gasteiger partial charge in [0.1, 0.15) is 6.04 Å². The van der Waals surface area contributed by atoms with Crippen LogP contribution < -0.4 is 11.1 Å². The smallest absolute Gasteiger partial charge is 0.480 e. The van der Waals surface area contributed by atoms with Crippen LogP contribution in [0.3, 0.4) is 0 Å². The predicted molar refractivity (Wildman–Crippen MR) is 49.3 cm³/mol. The second-order valence-electron chi connectivity index (χ2n) is 2.88. The van der Waals surface area contributed by atoms with Crippen molar-refractivity contribution in [3.63, 3.8) is 0 Å². The largest absolute Gasteiger partial charge is 1.00 e. The number of hydrogen-bond donors (Lipinski definition) is 3. The number of carboxylic acids is 1. The number of aliphatic carboxylic acids is 1. The van der Waals surface area contributed by atoms with Crippen LogP contribution in [0.1, 0.15) is 27.6 Å². The van der Waals surface area contributed by atoms with Gasteiger partial charge in [0.25, 0.3) is 0 Å². The standard InChI is InChI=1S/C8H16N2O3/c1-6(11)10-7(8(12)13)4-2-3-5-9/h7H,2-5,9H2,1H3,(H,10,11)(H,12,13)/p+1. The van der Waals surface area contributed by atoms with E-state index in [1.807, 2.05) is 0 Å². The zero-order valence-electron chi connectivity index (χ0n) is 8.75. The van der Waals surface area contributed by atoms with Crippen molar-refractivity contribution in [2.75, 3.05) is 6.54 Å². The molecule has 0 rings (SSSR count). The third kappa shape index (κ3) is 6.10. The fraction of sp³-hybridized carbons (Fsp3) is 0.750. The number of carboxylic acid groups (broad SMARTS) is 1. The van der Waals surface area contributed by atoms with Gasteiger partial charge in [0.15, 0.2) is 0 Å². The van der Waals surface area contributed by atoms with Crippen molar-refractivity contribution in [1.82, 2.24) is 5.32 Å². The molecular weight excluding hydrogens is 172 g/mol. The summed E-state index contributed by atoms with van der Waals surface area (Å²) < 4.78 is 0. The van der Waals surface area contributed by atoms with Gasteiger partial charge in [0.2, 0.25) is 5.91 Å². The number of amides is 1. The van der Waals surface area contributed by atoms with E-state index >= 15 is 0 Å². The highest BCUT2D eigenvalue weighted by Gasteiger charge is 2.16. The van der Waals surface area contributed by atoms with Gasteiger partial charge in [0, 0.05) is 6.92 Å². The van der Waals surface area contributed by atoms with E-state index in [4.69, 9.17) is 10.8 Å². The van der Waals surface area contributed by atoms with Crippen molar-refractivity contribution in [2.24, 2.45) is 5.73 Å². The van der Waals surface area contributed by atoms with Crippen LogP contribution in [0.5, 0.6) is 0 Å². The molecule has 0 radical (unpaired) electrons. The van der Waals surface area contributed by atoms with Crippen molar-refractivity contribution in [1.29, 1.82) is 0 Å². The summed E-state index contributed by atoms with van der Waals surface area (Å²) in [6.07, 6.45) is 1.93. The topological polar surface area (TPSA) is 92.4 Å². The van der Waals surface area contributed by atoms with E-state index in [-0.39, 0.29) is 7.33 Å². The van der Waals surface area contributed by atoms with Gasteiger partial charge < -0.3 is 16.2 Å². The van der Waals surface area contributed by atoms with Gasteiger partial charge in [-0.3, -0.25) is 4.79 Å². The number of rotatable bonds is 6. The minimum absolute atomic E-state index is 0. The zero-order chi connectivity index (χ0) is 10.3. The summed E-state index contributed by atoms with van der Waals surface area (Å²) in [6, 6.07) is -0.774. The Morgan fingerprint density at radius 1 is 1.54 bits per heavy atom. The van der Waals surface area contributed by atoms with Crippen molar-refractivity contribution in [3.8, 4) is 0 Å². The van der Waals surface area contributed by atoms with Crippen LogP contribution in [0.25, 0.3) is 0 Å². The van der Waals surface area contributed by atoms with Crippen molar-refractivity contribution >= 4 is 11.9 Å². The molecule has 0 aromatic heterocycles. The molecule has 4 N–H and O–H groups in total. The van der Waals surface area contributed by atoms with Crippen molar-refractivity contribution in [2.45, 2.75) is 32.2 Å². The molecule has 0 aromatic rings. The van der Waals surface area contributed by atoms with Crippen LogP contribution >= 0.6 is 0 Å². The molecule has 0 aliphatic heterocycles. The number of hydrogen-bond acceptors (Lipinski definition) is 3. The minimum Gasteiger partial charge on any atom is -0.480 e. The van der Waals surface area contributed by atoms with Gasteiger partial charge in [0.05, 0.1) is 0 Å². The third-order valence-corrected chi connectivity index (χ3v) is 1.62. The van der Waals surface area contributed by atoms with E-state index in [1.54, 1.807) is 0 Å². The Hall–Kier alpha value is -1.10. The average Bonchev–Trinajstić information content (AvgIpc) is 2.02. The lowest BCUT2D eigenvalue weighted by Crippen LogP contribution is -2.39. The van der Waals surface area contributed by atoms with Gasteiger partial charge in [-0.15, -0.1) is 0 Å². The number of unbranched alkanes of at least 4 members (excludes halogenated alkanes) is 1. The molecule has 5 nitrogen and oxygen atoms in total. The fourth-order valence-corrected chi connectivity index (χ4v) is 0.996. The molecule has 0 aromatic carbocycles. The van der Waals surface area contributed by atoms with Gasteiger partial charge in [-0.2, -0.15) is 0 Å². The van der Waals surface area contributed by atoms with E-state index in [0.29, 0.717) is 19.4 Å². The molecule has 0 bridgehead atoms. The summed E-state index contributed by atoms with van der Waals surface area (Å²) >= 11 is 0. The quantitative estimate of drug-likeness (QED) is 0.505. The Kier molecular flexibility index (Phi) is 5.88. The first-order valence-corrected chi connectivity index (χ1v) is 4.28. The number of nitrogens with two attached hydrogens (primary N) is 1. The first-order valence-electron chi connectivity index (χ1n) is 4.28. The Bertz CT molecular complexity index is 187. The molecule has 0 spiro atoms. The van der Waals surface area contributed by atoms with Gasteiger partial charge in [-0.25, -0.2) is 4.79 Å². The molecule has 1 unspecified atom stereocenters. The highest BCUT2D eigenvalue weighted by molar-refractivity contribution is 5.81. The normalized spacial score (nSPS) is 12.2. The Morgan fingerprint density at radius 2 is 2.15 bits per heavy atom. The maximum atomic E-state index is 10.6. The Morgan fingerprint density at radius 3 is 2.54 bits per heavy atom. The van der Waals surface area contributed by atoms with E-state index in [2.05, 4.69) is 5.32 Å². The lowest BCUT2D eigenvalue weighted by atomic mass is 10.1. The van der Waals surface area contributed by atoms with Crippen LogP contribution in [-0.2, 0) is 9.59 Å². The van der Waals surface area contributed by atoms with Gasteiger partial charge >= 0.3 is 7.40 Å². The highest BCUT2D eigenvalue weighted by Crippen LogP contribution is 2.00. The highest BCUT2D eigenvalue weighted by atomic mass is 16.4. The lowest BCUT2D eigenvalue weighted by molar-refractivity contribution is -0.141. The second-order valence-corrected chi connectivity index (χ2v) is 2.88. The first-order chi connectivity index (χ1) is 6.07. The van der Waals surface area contributed by atoms with Crippen LogP contribution in [0, 0.1) is 0 Å². The van der Waals surface area contributed by atoms with E-state index < -0.39 is 12.0 Å². The number of carbonyl (C=O) groups excluding carboxylic acids is 1. The Labute approximate surface area is 78.8 Å². The monoisotopic (exact) mass is 189 g/mol. The second kappa shape index (κ2) is 6.42. The minimum atomic E-state index is -0.993. The summed E-state index contributed by atoms with van der Waals surface area (Å²) in [7, 11) is 0. The third-order valence-electron chi connectivity index (χ3n) is 1.62. The van der Waals surface area contributed by atoms with Crippen LogP contribution in [-0.4, -0.2) is 29.6 Å². The van der Waals surface area contributed by atoms with E-state index in [1.165, 1.54) is 6.92 Å². The summed E-state index contributed by atoms with van der Waals surface area (Å²) in [5, 5.41) is 11.0. The average molecular weight is 189 g/mol. The van der Waals surface area contributed by atoms with Crippen LogP contribution in [0.15, 0.2) is 0 Å². The molecule has 5 heteroatoms. The molecule has 0 fully saturated rings. The number of nitrogens with one attached hydrogen (secondary N) is 1. The summed E-state index contributed by atoms with van der Waals surface area (Å²) in [5.74, 6) is -1.31. The summed E-state index contributed by atoms with van der Waals surface area (Å²) in [5.41, 5.74) is 5.26. The van der Waals surface area contributed by atoms with E-state index in [9.17, 15) is 9.59 Å². The number of carbonyl (C=O) groups is 2. The molecule has 0 heterocycles. The molecule has 76 valence electrons. The van der Waals surface area contributed by atoms with Gasteiger partial charge in [-0.1, -0.05) is 0 Å². The maximum absolute atomic E-state index is 10.6. The van der Waals surface area contributed by atoms with Crippen LogP contribution in [0.4, 0.5) is 0 Å². The van der Waals surface area contributed by atoms with Gasteiger partial charge in [-0.05, 0) is 25.8 Å². The molecule has 1 amide bonds. The molecule has 1 atom stereocenters.